The molecule has 3 heterocycles. The maximum atomic E-state index is 13.5. The number of hydrogen-bond donors (Lipinski definition) is 1. The van der Waals surface area contributed by atoms with E-state index in [1.807, 2.05) is 6.07 Å². The number of hydrogen-bond acceptors (Lipinski definition) is 5. The number of rotatable bonds is 7. The molecule has 0 spiro atoms. The van der Waals surface area contributed by atoms with E-state index in [0.29, 0.717) is 18.8 Å². The van der Waals surface area contributed by atoms with Crippen LogP contribution in [0.1, 0.15) is 83.2 Å². The van der Waals surface area contributed by atoms with Crippen molar-refractivity contribution in [2.75, 3.05) is 6.61 Å². The first-order valence-electron chi connectivity index (χ1n) is 13.1. The standard InChI is InChI=1S/C28H37NO5/c1-3-18(14-20-10-11-21(15-30)34-20)9-12-24-25-17(2)13-22-26(23(25)16-33-24)28(32)29(27(22)31)19-7-5-4-6-8-19/h10-11,14,19,22-24,26,30H,3-9,12-13,15-16H2,1-2H3/b18-14+/t22-,23+,24-,26-/m1/s1. The average molecular weight is 468 g/mol. The number of carbonyl (C=O) groups is 2. The summed E-state index contributed by atoms with van der Waals surface area (Å²) in [5.74, 6) is 1.07. The summed E-state index contributed by atoms with van der Waals surface area (Å²) in [6.45, 7) is 4.72. The minimum Gasteiger partial charge on any atom is -0.459 e. The van der Waals surface area contributed by atoms with E-state index in [1.54, 1.807) is 11.0 Å². The zero-order valence-corrected chi connectivity index (χ0v) is 20.4. The summed E-state index contributed by atoms with van der Waals surface area (Å²) < 4.78 is 11.9. The maximum absolute atomic E-state index is 13.5. The summed E-state index contributed by atoms with van der Waals surface area (Å²) in [5.41, 5.74) is 3.80. The molecule has 3 fully saturated rings. The molecule has 2 amide bonds. The van der Waals surface area contributed by atoms with E-state index >= 15 is 0 Å². The second-order valence-electron chi connectivity index (χ2n) is 10.5. The van der Waals surface area contributed by atoms with Crippen LogP contribution in [0.15, 0.2) is 33.3 Å². The molecule has 2 aliphatic heterocycles. The number of aliphatic hydroxyl groups is 1. The van der Waals surface area contributed by atoms with Crippen molar-refractivity contribution in [2.45, 2.75) is 90.4 Å². The van der Waals surface area contributed by atoms with Gasteiger partial charge in [-0.15, -0.1) is 0 Å². The molecule has 1 saturated carbocycles. The molecule has 34 heavy (non-hydrogen) atoms. The van der Waals surface area contributed by atoms with Gasteiger partial charge in [0.2, 0.25) is 11.8 Å². The molecule has 0 unspecified atom stereocenters. The van der Waals surface area contributed by atoms with Crippen molar-refractivity contribution >= 4 is 17.9 Å². The predicted molar refractivity (Wildman–Crippen MR) is 128 cm³/mol. The smallest absolute Gasteiger partial charge is 0.234 e. The predicted octanol–water partition coefficient (Wildman–Crippen LogP) is 5.01. The molecule has 4 atom stereocenters. The Kier molecular flexibility index (Phi) is 6.81. The third-order valence-corrected chi connectivity index (χ3v) is 8.49. The van der Waals surface area contributed by atoms with Gasteiger partial charge in [0.1, 0.15) is 18.1 Å². The largest absolute Gasteiger partial charge is 0.459 e. The highest BCUT2D eigenvalue weighted by Gasteiger charge is 2.57. The van der Waals surface area contributed by atoms with Gasteiger partial charge < -0.3 is 14.3 Å². The number of imide groups is 1. The SMILES string of the molecule is CC/C(=C\c1ccc(CO)o1)CC[C@H]1OC[C@H]2C1=C(C)C[C@H]1C(=O)N(C3CCCCC3)C(=O)[C@H]12. The average Bonchev–Trinajstić information content (AvgIpc) is 3.54. The number of likely N-dealkylation sites (tertiary alicyclic amines) is 1. The lowest BCUT2D eigenvalue weighted by atomic mass is 9.70. The maximum Gasteiger partial charge on any atom is 0.234 e. The molecule has 0 aromatic carbocycles. The van der Waals surface area contributed by atoms with E-state index in [0.717, 1.165) is 50.7 Å². The Morgan fingerprint density at radius 3 is 2.65 bits per heavy atom. The third-order valence-electron chi connectivity index (χ3n) is 8.49. The van der Waals surface area contributed by atoms with Gasteiger partial charge in [0.25, 0.3) is 0 Å². The van der Waals surface area contributed by atoms with Gasteiger partial charge in [-0.05, 0) is 69.2 Å². The van der Waals surface area contributed by atoms with Crippen molar-refractivity contribution in [3.05, 3.63) is 40.4 Å². The first-order valence-corrected chi connectivity index (χ1v) is 13.1. The molecule has 0 radical (unpaired) electrons. The molecule has 2 aliphatic carbocycles. The van der Waals surface area contributed by atoms with Crippen LogP contribution in [0.5, 0.6) is 0 Å². The number of aliphatic hydroxyl groups excluding tert-OH is 1. The van der Waals surface area contributed by atoms with Gasteiger partial charge in [-0.1, -0.05) is 37.3 Å². The quantitative estimate of drug-likeness (QED) is 0.450. The molecular formula is C28H37NO5. The lowest BCUT2D eigenvalue weighted by Gasteiger charge is -2.31. The lowest BCUT2D eigenvalue weighted by Crippen LogP contribution is -2.42. The Hall–Kier alpha value is -2.18. The highest BCUT2D eigenvalue weighted by molar-refractivity contribution is 6.06. The molecule has 6 heteroatoms. The Labute approximate surface area is 202 Å². The molecule has 5 rings (SSSR count). The monoisotopic (exact) mass is 467 g/mol. The van der Waals surface area contributed by atoms with Crippen LogP contribution in [0.2, 0.25) is 0 Å². The van der Waals surface area contributed by atoms with Crippen LogP contribution in [-0.2, 0) is 20.9 Å². The number of furan rings is 1. The van der Waals surface area contributed by atoms with Gasteiger partial charge in [0, 0.05) is 12.0 Å². The van der Waals surface area contributed by atoms with Crippen LogP contribution in [0, 0.1) is 17.8 Å². The summed E-state index contributed by atoms with van der Waals surface area (Å²) in [5, 5.41) is 9.23. The number of allylic oxidation sites excluding steroid dienone is 2. The zero-order chi connectivity index (χ0) is 23.8. The molecule has 184 valence electrons. The summed E-state index contributed by atoms with van der Waals surface area (Å²) in [6.07, 6.45) is 10.8. The van der Waals surface area contributed by atoms with Crippen LogP contribution >= 0.6 is 0 Å². The number of carbonyl (C=O) groups excluding carboxylic acids is 2. The fourth-order valence-corrected chi connectivity index (χ4v) is 6.78. The minimum atomic E-state index is -0.237. The number of nitrogens with zero attached hydrogens (tertiary/aromatic N) is 1. The Bertz CT molecular complexity index is 998. The summed E-state index contributed by atoms with van der Waals surface area (Å²) in [7, 11) is 0. The summed E-state index contributed by atoms with van der Waals surface area (Å²) in [6, 6.07) is 3.79. The molecule has 1 N–H and O–H groups in total. The second-order valence-corrected chi connectivity index (χ2v) is 10.5. The molecular weight excluding hydrogens is 430 g/mol. The fraction of sp³-hybridized carbons (Fsp3) is 0.643. The Balaban J connectivity index is 1.29. The van der Waals surface area contributed by atoms with Gasteiger partial charge in [-0.25, -0.2) is 0 Å². The second kappa shape index (κ2) is 9.82. The van der Waals surface area contributed by atoms with Crippen LogP contribution < -0.4 is 0 Å². The van der Waals surface area contributed by atoms with E-state index < -0.39 is 0 Å². The minimum absolute atomic E-state index is 0.0112. The molecule has 1 aromatic rings. The van der Waals surface area contributed by atoms with Gasteiger partial charge in [-0.3, -0.25) is 14.5 Å². The van der Waals surface area contributed by atoms with E-state index in [-0.39, 0.29) is 48.3 Å². The molecule has 0 bridgehead atoms. The van der Waals surface area contributed by atoms with Crippen molar-refractivity contribution in [3.8, 4) is 0 Å². The Morgan fingerprint density at radius 1 is 1.15 bits per heavy atom. The summed E-state index contributed by atoms with van der Waals surface area (Å²) >= 11 is 0. The number of ether oxygens (including phenoxy) is 1. The summed E-state index contributed by atoms with van der Waals surface area (Å²) in [4.78, 5) is 28.5. The first-order chi connectivity index (χ1) is 16.5. The number of amides is 2. The van der Waals surface area contributed by atoms with Gasteiger partial charge in [-0.2, -0.15) is 0 Å². The fourth-order valence-electron chi connectivity index (χ4n) is 6.78. The van der Waals surface area contributed by atoms with Crippen molar-refractivity contribution in [1.82, 2.24) is 4.90 Å². The topological polar surface area (TPSA) is 80.0 Å². The van der Waals surface area contributed by atoms with E-state index in [9.17, 15) is 14.7 Å². The van der Waals surface area contributed by atoms with Crippen LogP contribution in [0.25, 0.3) is 6.08 Å². The van der Waals surface area contributed by atoms with Gasteiger partial charge >= 0.3 is 0 Å². The molecule has 6 nitrogen and oxygen atoms in total. The van der Waals surface area contributed by atoms with Crippen molar-refractivity contribution in [3.63, 3.8) is 0 Å². The highest BCUT2D eigenvalue weighted by Crippen LogP contribution is 2.50. The van der Waals surface area contributed by atoms with Crippen LogP contribution in [0.4, 0.5) is 0 Å². The molecule has 4 aliphatic rings. The third kappa shape index (κ3) is 4.20. The van der Waals surface area contributed by atoms with Crippen molar-refractivity contribution in [1.29, 1.82) is 0 Å². The van der Waals surface area contributed by atoms with Gasteiger partial charge in [0.05, 0.1) is 24.5 Å². The van der Waals surface area contributed by atoms with Crippen LogP contribution in [0.3, 0.4) is 0 Å². The van der Waals surface area contributed by atoms with Crippen molar-refractivity contribution < 1.29 is 23.8 Å². The normalized spacial score (nSPS) is 30.3. The molecule has 2 saturated heterocycles. The first kappa shape index (κ1) is 23.6. The Morgan fingerprint density at radius 2 is 1.94 bits per heavy atom. The number of fused-ring (bicyclic) bond motifs is 3. The highest BCUT2D eigenvalue weighted by atomic mass is 16.5. The van der Waals surface area contributed by atoms with E-state index in [2.05, 4.69) is 19.9 Å². The van der Waals surface area contributed by atoms with Crippen molar-refractivity contribution in [2.24, 2.45) is 17.8 Å². The van der Waals surface area contributed by atoms with Crippen LogP contribution in [-0.4, -0.2) is 40.6 Å². The van der Waals surface area contributed by atoms with Gasteiger partial charge in [0.15, 0.2) is 0 Å². The zero-order valence-electron chi connectivity index (χ0n) is 20.4. The van der Waals surface area contributed by atoms with E-state index in [4.69, 9.17) is 9.15 Å². The molecule has 1 aromatic heterocycles. The van der Waals surface area contributed by atoms with E-state index in [1.165, 1.54) is 23.1 Å². The lowest BCUT2D eigenvalue weighted by molar-refractivity contribution is -0.143.